The van der Waals surface area contributed by atoms with Gasteiger partial charge < -0.3 is 0 Å². The van der Waals surface area contributed by atoms with Gasteiger partial charge in [0.2, 0.25) is 11.8 Å². The van der Waals surface area contributed by atoms with E-state index in [1.54, 1.807) is 13.8 Å². The number of amides is 4. The summed E-state index contributed by atoms with van der Waals surface area (Å²) in [5.41, 5.74) is 0.848. The monoisotopic (exact) mass is 281 g/mol. The van der Waals surface area contributed by atoms with Crippen molar-refractivity contribution < 1.29 is 14.4 Å². The Morgan fingerprint density at radius 2 is 2.11 bits per heavy atom. The minimum Gasteiger partial charge on any atom is -0.277 e. The molecule has 1 N–H and O–H groups in total. The number of hydrogen-bond acceptors (Lipinski definition) is 5. The second kappa shape index (κ2) is 5.08. The van der Waals surface area contributed by atoms with Gasteiger partial charge >= 0.3 is 6.03 Å². The van der Waals surface area contributed by atoms with Crippen molar-refractivity contribution in [3.05, 3.63) is 16.1 Å². The first-order chi connectivity index (χ1) is 8.90. The van der Waals surface area contributed by atoms with Crippen molar-refractivity contribution in [2.24, 2.45) is 11.8 Å². The zero-order valence-electron chi connectivity index (χ0n) is 11.0. The Balaban J connectivity index is 2.21. The van der Waals surface area contributed by atoms with E-state index in [0.717, 1.165) is 10.6 Å². The number of urea groups is 1. The molecule has 0 bridgehead atoms. The van der Waals surface area contributed by atoms with Crippen LogP contribution in [0.15, 0.2) is 5.38 Å². The van der Waals surface area contributed by atoms with Crippen LogP contribution in [0.2, 0.25) is 0 Å². The molecule has 1 unspecified atom stereocenters. The van der Waals surface area contributed by atoms with E-state index < -0.39 is 23.8 Å². The van der Waals surface area contributed by atoms with Gasteiger partial charge in [-0.3, -0.25) is 19.8 Å². The smallest absolute Gasteiger partial charge is 0.277 e. The molecule has 0 spiro atoms. The number of thiazole rings is 1. The van der Waals surface area contributed by atoms with E-state index in [4.69, 9.17) is 0 Å². The van der Waals surface area contributed by atoms with Crippen molar-refractivity contribution in [1.29, 1.82) is 0 Å². The molecule has 1 aliphatic rings. The molecule has 19 heavy (non-hydrogen) atoms. The van der Waals surface area contributed by atoms with Crippen LogP contribution in [-0.2, 0) is 16.1 Å². The fourth-order valence-corrected chi connectivity index (χ4v) is 2.74. The molecule has 1 aromatic rings. The number of hydrogen-bond donors (Lipinski definition) is 1. The quantitative estimate of drug-likeness (QED) is 0.847. The predicted octanol–water partition coefficient (Wildman–Crippen LogP) is 1.30. The molecule has 1 fully saturated rings. The number of carbonyl (C=O) groups excluding carboxylic acids is 3. The van der Waals surface area contributed by atoms with Gasteiger partial charge in [0.15, 0.2) is 0 Å². The van der Waals surface area contributed by atoms with Crippen LogP contribution in [0.25, 0.3) is 0 Å². The summed E-state index contributed by atoms with van der Waals surface area (Å²) in [5, 5.41) is 4.75. The maximum atomic E-state index is 12.2. The summed E-state index contributed by atoms with van der Waals surface area (Å²) < 4.78 is 0. The molecule has 0 radical (unpaired) electrons. The SMILES string of the molecule is Cc1csc(CN2C(=O)NC(=O)C(C(C)C)C2=O)n1. The summed E-state index contributed by atoms with van der Waals surface area (Å²) in [7, 11) is 0. The van der Waals surface area contributed by atoms with E-state index in [0.29, 0.717) is 5.01 Å². The van der Waals surface area contributed by atoms with Gasteiger partial charge in [0.1, 0.15) is 10.9 Å². The standard InChI is InChI=1S/C12H15N3O3S/c1-6(2)9-10(16)14-12(18)15(11(9)17)4-8-13-7(3)5-19-8/h5-6,9H,4H2,1-3H3,(H,14,16,18). The number of imide groups is 2. The third-order valence-electron chi connectivity index (χ3n) is 2.92. The summed E-state index contributed by atoms with van der Waals surface area (Å²) in [4.78, 5) is 40.9. The Hall–Kier alpha value is -1.76. The lowest BCUT2D eigenvalue weighted by molar-refractivity contribution is -0.144. The van der Waals surface area contributed by atoms with Gasteiger partial charge in [0.05, 0.1) is 6.54 Å². The first kappa shape index (κ1) is 13.7. The molecular weight excluding hydrogens is 266 g/mol. The van der Waals surface area contributed by atoms with Crippen molar-refractivity contribution in [3.8, 4) is 0 Å². The molecule has 7 heteroatoms. The molecule has 1 atom stereocenters. The first-order valence-corrected chi connectivity index (χ1v) is 6.85. The molecule has 0 saturated carbocycles. The molecule has 4 amide bonds. The lowest BCUT2D eigenvalue weighted by atomic mass is 9.92. The predicted molar refractivity (Wildman–Crippen MR) is 69.3 cm³/mol. The Morgan fingerprint density at radius 3 is 2.63 bits per heavy atom. The number of aryl methyl sites for hydroxylation is 1. The van der Waals surface area contributed by atoms with Gasteiger partial charge in [0.25, 0.3) is 0 Å². The average molecular weight is 281 g/mol. The number of rotatable bonds is 3. The summed E-state index contributed by atoms with van der Waals surface area (Å²) in [6, 6.07) is -0.667. The molecule has 0 aliphatic carbocycles. The maximum Gasteiger partial charge on any atom is 0.331 e. The van der Waals surface area contributed by atoms with Crippen LogP contribution in [-0.4, -0.2) is 27.7 Å². The average Bonchev–Trinajstić information content (AvgIpc) is 2.69. The minimum absolute atomic E-state index is 0.111. The molecule has 1 saturated heterocycles. The Kier molecular flexibility index (Phi) is 3.66. The van der Waals surface area contributed by atoms with Crippen molar-refractivity contribution in [2.75, 3.05) is 0 Å². The fourth-order valence-electron chi connectivity index (χ4n) is 1.98. The van der Waals surface area contributed by atoms with Gasteiger partial charge in [-0.2, -0.15) is 0 Å². The molecule has 2 heterocycles. The van der Waals surface area contributed by atoms with E-state index in [1.165, 1.54) is 11.3 Å². The van der Waals surface area contributed by atoms with Crippen LogP contribution >= 0.6 is 11.3 Å². The summed E-state index contributed by atoms with van der Waals surface area (Å²) in [5.74, 6) is -1.92. The molecule has 1 aliphatic heterocycles. The lowest BCUT2D eigenvalue weighted by Gasteiger charge is -2.31. The second-order valence-corrected chi connectivity index (χ2v) is 5.77. The highest BCUT2D eigenvalue weighted by Gasteiger charge is 2.42. The summed E-state index contributed by atoms with van der Waals surface area (Å²) in [6.45, 7) is 5.52. The molecule has 1 aromatic heterocycles. The summed E-state index contributed by atoms with van der Waals surface area (Å²) >= 11 is 1.39. The van der Waals surface area contributed by atoms with Crippen molar-refractivity contribution in [3.63, 3.8) is 0 Å². The van der Waals surface area contributed by atoms with Gasteiger partial charge in [-0.05, 0) is 12.8 Å². The molecule has 6 nitrogen and oxygen atoms in total. The third-order valence-corrected chi connectivity index (χ3v) is 3.87. The Bertz CT molecular complexity index is 538. The molecule has 102 valence electrons. The number of nitrogens with zero attached hydrogens (tertiary/aromatic N) is 2. The van der Waals surface area contributed by atoms with E-state index in [1.807, 2.05) is 12.3 Å². The van der Waals surface area contributed by atoms with Gasteiger partial charge in [-0.15, -0.1) is 11.3 Å². The highest BCUT2D eigenvalue weighted by Crippen LogP contribution is 2.21. The second-order valence-electron chi connectivity index (χ2n) is 4.82. The lowest BCUT2D eigenvalue weighted by Crippen LogP contribution is -2.58. The third kappa shape index (κ3) is 2.65. The zero-order valence-corrected chi connectivity index (χ0v) is 11.8. The maximum absolute atomic E-state index is 12.2. The van der Waals surface area contributed by atoms with Crippen LogP contribution in [0.4, 0.5) is 4.79 Å². The Morgan fingerprint density at radius 1 is 1.42 bits per heavy atom. The van der Waals surface area contributed by atoms with Gasteiger partial charge in [-0.1, -0.05) is 13.8 Å². The summed E-state index contributed by atoms with van der Waals surface area (Å²) in [6.07, 6.45) is 0. The first-order valence-electron chi connectivity index (χ1n) is 5.97. The van der Waals surface area contributed by atoms with Crippen LogP contribution in [0.3, 0.4) is 0 Å². The van der Waals surface area contributed by atoms with Crippen molar-refractivity contribution in [1.82, 2.24) is 15.2 Å². The van der Waals surface area contributed by atoms with Gasteiger partial charge in [0, 0.05) is 11.1 Å². The fraction of sp³-hybridized carbons (Fsp3) is 0.500. The van der Waals surface area contributed by atoms with E-state index >= 15 is 0 Å². The topological polar surface area (TPSA) is 79.4 Å². The van der Waals surface area contributed by atoms with Crippen LogP contribution in [0, 0.1) is 18.8 Å². The van der Waals surface area contributed by atoms with Crippen molar-refractivity contribution in [2.45, 2.75) is 27.3 Å². The molecular formula is C12H15N3O3S. The zero-order chi connectivity index (χ0) is 14.2. The number of nitrogens with one attached hydrogen (secondary N) is 1. The van der Waals surface area contributed by atoms with E-state index in [9.17, 15) is 14.4 Å². The number of carbonyl (C=O) groups is 3. The van der Waals surface area contributed by atoms with Crippen LogP contribution < -0.4 is 5.32 Å². The van der Waals surface area contributed by atoms with Crippen LogP contribution in [0.1, 0.15) is 24.5 Å². The molecule has 0 aromatic carbocycles. The van der Waals surface area contributed by atoms with E-state index in [2.05, 4.69) is 10.3 Å². The highest BCUT2D eigenvalue weighted by molar-refractivity contribution is 7.09. The highest BCUT2D eigenvalue weighted by atomic mass is 32.1. The largest absolute Gasteiger partial charge is 0.331 e. The van der Waals surface area contributed by atoms with Gasteiger partial charge in [-0.25, -0.2) is 9.78 Å². The van der Waals surface area contributed by atoms with Crippen molar-refractivity contribution >= 4 is 29.2 Å². The van der Waals surface area contributed by atoms with Crippen LogP contribution in [0.5, 0.6) is 0 Å². The minimum atomic E-state index is -0.807. The number of barbiturate groups is 1. The molecule has 2 rings (SSSR count). The Labute approximate surface area is 114 Å². The number of aromatic nitrogens is 1. The normalized spacial score (nSPS) is 20.1. The van der Waals surface area contributed by atoms with E-state index in [-0.39, 0.29) is 12.5 Å².